The van der Waals surface area contributed by atoms with Gasteiger partial charge in [0.2, 0.25) is 11.2 Å². The average Bonchev–Trinajstić information content (AvgIpc) is 3.13. The van der Waals surface area contributed by atoms with Gasteiger partial charge < -0.3 is 4.42 Å². The maximum atomic E-state index is 7.91. The molecule has 0 saturated carbocycles. The van der Waals surface area contributed by atoms with Gasteiger partial charge in [-0.15, -0.1) is 0 Å². The van der Waals surface area contributed by atoms with Crippen molar-refractivity contribution in [1.82, 2.24) is 14.5 Å². The number of oxazole rings is 1. The van der Waals surface area contributed by atoms with E-state index in [1.807, 2.05) is 16.7 Å². The Balaban J connectivity index is 1.97. The predicted octanol–water partition coefficient (Wildman–Crippen LogP) is 2.03. The number of nitrogens with zero attached hydrogens (tertiary/aromatic N) is 4. The number of fused-ring (bicyclic) bond motifs is 7. The Morgan fingerprint density at radius 2 is 2.40 bits per heavy atom. The van der Waals surface area contributed by atoms with Crippen molar-refractivity contribution in [3.8, 4) is 11.5 Å². The van der Waals surface area contributed by atoms with Crippen LogP contribution in [0.4, 0.5) is 0 Å². The van der Waals surface area contributed by atoms with Crippen LogP contribution < -0.4 is 4.57 Å². The molecule has 5 nitrogen and oxygen atoms in total. The fourth-order valence-corrected chi connectivity index (χ4v) is 2.94. The van der Waals surface area contributed by atoms with Crippen LogP contribution in [0.25, 0.3) is 33.7 Å². The third-order valence-electron chi connectivity index (χ3n) is 3.83. The second-order valence-electron chi connectivity index (χ2n) is 4.89. The average molecular weight is 266 g/mol. The summed E-state index contributed by atoms with van der Waals surface area (Å²) >= 11 is 0. The maximum absolute atomic E-state index is 7.91. The van der Waals surface area contributed by atoms with Crippen LogP contribution in [0.15, 0.2) is 41.2 Å². The largest absolute Gasteiger partial charge is 0.413 e. The van der Waals surface area contributed by atoms with Crippen molar-refractivity contribution in [1.29, 1.82) is 0 Å². The van der Waals surface area contributed by atoms with E-state index in [4.69, 9.17) is 8.53 Å². The number of hydrogen-bond donors (Lipinski definition) is 0. The first kappa shape index (κ1) is 7.79. The molecule has 5 heterocycles. The normalized spacial score (nSPS) is 15.9. The van der Waals surface area contributed by atoms with Crippen molar-refractivity contribution in [3.63, 3.8) is 0 Å². The van der Waals surface area contributed by atoms with Crippen LogP contribution in [-0.4, -0.2) is 14.5 Å². The van der Waals surface area contributed by atoms with E-state index in [1.54, 1.807) is 24.7 Å². The first-order valence-electron chi connectivity index (χ1n) is 7.81. The first-order valence-corrected chi connectivity index (χ1v) is 6.31. The van der Waals surface area contributed by atoms with Gasteiger partial charge in [-0.1, -0.05) is 0 Å². The van der Waals surface area contributed by atoms with Gasteiger partial charge in [0.1, 0.15) is 6.54 Å². The molecule has 96 valence electrons. The molecule has 0 aromatic carbocycles. The van der Waals surface area contributed by atoms with Gasteiger partial charge in [0, 0.05) is 24.2 Å². The molecular formula is C15H11N4O+. The predicted molar refractivity (Wildman–Crippen MR) is 73.0 cm³/mol. The van der Waals surface area contributed by atoms with Crippen molar-refractivity contribution >= 4 is 22.3 Å². The second-order valence-corrected chi connectivity index (χ2v) is 4.89. The molecule has 0 spiro atoms. The molecule has 1 aliphatic heterocycles. The van der Waals surface area contributed by atoms with Gasteiger partial charge in [-0.2, -0.15) is 4.57 Å². The lowest BCUT2D eigenvalue weighted by Crippen LogP contribution is -2.32. The quantitative estimate of drug-likeness (QED) is 0.403. The van der Waals surface area contributed by atoms with E-state index in [0.29, 0.717) is 34.7 Å². The molecule has 20 heavy (non-hydrogen) atoms. The van der Waals surface area contributed by atoms with Gasteiger partial charge in [-0.05, 0) is 18.2 Å². The van der Waals surface area contributed by atoms with Crippen molar-refractivity contribution in [3.05, 3.63) is 42.4 Å². The Hall–Kier alpha value is -2.69. The third-order valence-corrected chi connectivity index (χ3v) is 3.83. The molecule has 0 atom stereocenters. The molecular weight excluding hydrogens is 252 g/mol. The molecule has 0 bridgehead atoms. The summed E-state index contributed by atoms with van der Waals surface area (Å²) in [5.74, 6) is 0.641. The minimum atomic E-state index is -2.34. The molecule has 5 heteroatoms. The zero-order valence-corrected chi connectivity index (χ0v) is 10.4. The van der Waals surface area contributed by atoms with Crippen LogP contribution in [0.5, 0.6) is 0 Å². The molecule has 0 amide bonds. The monoisotopic (exact) mass is 266 g/mol. The number of pyridine rings is 2. The molecule has 5 rings (SSSR count). The third kappa shape index (κ3) is 1.02. The Morgan fingerprint density at radius 3 is 3.35 bits per heavy atom. The van der Waals surface area contributed by atoms with Gasteiger partial charge in [0.05, 0.1) is 22.0 Å². The number of aromatic nitrogens is 4. The SMILES string of the molecule is [2H]C([2H])([2H])n1c2ncccc2c2oc3[n+](c21)Cc1ccncc1-3. The van der Waals surface area contributed by atoms with Crippen molar-refractivity contribution in [2.75, 3.05) is 0 Å². The molecule has 4 aromatic heterocycles. The van der Waals surface area contributed by atoms with Crippen LogP contribution in [0, 0.1) is 0 Å². The smallest absolute Gasteiger partial charge is 0.330 e. The highest BCUT2D eigenvalue weighted by Gasteiger charge is 2.34. The van der Waals surface area contributed by atoms with E-state index in [1.165, 1.54) is 4.57 Å². The lowest BCUT2D eigenvalue weighted by molar-refractivity contribution is -0.652. The maximum Gasteiger partial charge on any atom is 0.330 e. The lowest BCUT2D eigenvalue weighted by Gasteiger charge is -1.91. The zero-order chi connectivity index (χ0) is 15.8. The fraction of sp³-hybridized carbons (Fsp3) is 0.133. The second kappa shape index (κ2) is 3.25. The van der Waals surface area contributed by atoms with E-state index in [0.717, 1.165) is 11.1 Å². The highest BCUT2D eigenvalue weighted by Crippen LogP contribution is 2.34. The Labute approximate surface area is 118 Å². The Kier molecular flexibility index (Phi) is 1.27. The fourth-order valence-electron chi connectivity index (χ4n) is 2.94. The summed E-state index contributed by atoms with van der Waals surface area (Å²) in [5, 5.41) is 0.700. The molecule has 0 unspecified atom stereocenters. The lowest BCUT2D eigenvalue weighted by atomic mass is 10.2. The van der Waals surface area contributed by atoms with Crippen molar-refractivity contribution < 1.29 is 13.1 Å². The van der Waals surface area contributed by atoms with Crippen LogP contribution in [0.1, 0.15) is 9.68 Å². The number of rotatable bonds is 0. The minimum Gasteiger partial charge on any atom is -0.413 e. The molecule has 4 aromatic rings. The van der Waals surface area contributed by atoms with E-state index in [2.05, 4.69) is 9.97 Å². The molecule has 1 aliphatic rings. The summed E-state index contributed by atoms with van der Waals surface area (Å²) in [7, 11) is 0. The standard InChI is InChI=1S/C15H11N4O/c1-18-13-10(3-2-5-17-13)12-14(18)19-8-9-4-6-16-7-11(9)15(19)20-12/h2-7H,8H2,1H3/q+1/i1D3. The molecule has 0 fully saturated rings. The van der Waals surface area contributed by atoms with Gasteiger partial charge in [-0.25, -0.2) is 9.55 Å². The summed E-state index contributed by atoms with van der Waals surface area (Å²) in [6, 6.07) is 5.53. The number of aryl methyl sites for hydroxylation is 1. The Bertz CT molecular complexity index is 1090. The summed E-state index contributed by atoms with van der Waals surface area (Å²) in [4.78, 5) is 8.39. The van der Waals surface area contributed by atoms with Gasteiger partial charge in [-0.3, -0.25) is 4.98 Å². The topological polar surface area (TPSA) is 47.7 Å². The summed E-state index contributed by atoms with van der Waals surface area (Å²) in [5.41, 5.74) is 3.46. The van der Waals surface area contributed by atoms with Crippen LogP contribution >= 0.6 is 0 Å². The van der Waals surface area contributed by atoms with Gasteiger partial charge in [0.15, 0.2) is 0 Å². The van der Waals surface area contributed by atoms with Crippen LogP contribution in [0.2, 0.25) is 0 Å². The van der Waals surface area contributed by atoms with Crippen molar-refractivity contribution in [2.45, 2.75) is 6.54 Å². The highest BCUT2D eigenvalue weighted by atomic mass is 16.4. The molecule has 0 radical (unpaired) electrons. The summed E-state index contributed by atoms with van der Waals surface area (Å²) in [6.07, 6.45) is 5.06. The van der Waals surface area contributed by atoms with E-state index < -0.39 is 6.98 Å². The van der Waals surface area contributed by atoms with Gasteiger partial charge >= 0.3 is 5.65 Å². The molecule has 0 saturated heterocycles. The molecule has 0 aliphatic carbocycles. The van der Waals surface area contributed by atoms with Crippen molar-refractivity contribution in [2.24, 2.45) is 6.98 Å². The highest BCUT2D eigenvalue weighted by molar-refractivity contribution is 6.00. The molecule has 0 N–H and O–H groups in total. The first-order chi connectivity index (χ1) is 11.1. The van der Waals surface area contributed by atoms with Crippen LogP contribution in [0.3, 0.4) is 0 Å². The minimum absolute atomic E-state index is 0.408. The number of hydrogen-bond acceptors (Lipinski definition) is 3. The van der Waals surface area contributed by atoms with E-state index in [9.17, 15) is 0 Å². The van der Waals surface area contributed by atoms with E-state index >= 15 is 0 Å². The van der Waals surface area contributed by atoms with E-state index in [-0.39, 0.29) is 0 Å². The Morgan fingerprint density at radius 1 is 1.40 bits per heavy atom. The van der Waals surface area contributed by atoms with Crippen LogP contribution in [-0.2, 0) is 13.5 Å². The summed E-state index contributed by atoms with van der Waals surface area (Å²) in [6.45, 7) is -1.78. The van der Waals surface area contributed by atoms with Gasteiger partial charge in [0.25, 0.3) is 5.89 Å². The zero-order valence-electron chi connectivity index (χ0n) is 13.4. The summed E-state index contributed by atoms with van der Waals surface area (Å²) < 4.78 is 32.9.